The number of hydrogen-bond acceptors (Lipinski definition) is 5. The van der Waals surface area contributed by atoms with Gasteiger partial charge in [-0.05, 0) is 74.8 Å². The van der Waals surface area contributed by atoms with E-state index >= 15 is 0 Å². The molecule has 7 heteroatoms. The summed E-state index contributed by atoms with van der Waals surface area (Å²) in [4.78, 5) is 2.50. The lowest BCUT2D eigenvalue weighted by Gasteiger charge is -2.31. The molecule has 1 saturated heterocycles. The summed E-state index contributed by atoms with van der Waals surface area (Å²) in [5.74, 6) is 1.72. The first kappa shape index (κ1) is 20.9. The van der Waals surface area contributed by atoms with Crippen LogP contribution in [0, 0.1) is 11.3 Å². The predicted molar refractivity (Wildman–Crippen MR) is 121 cm³/mol. The number of piperidine rings is 1. The molecule has 0 N–H and O–H groups in total. The van der Waals surface area contributed by atoms with Crippen LogP contribution >= 0.6 is 23.4 Å². The first-order chi connectivity index (χ1) is 14.7. The third-order valence-corrected chi connectivity index (χ3v) is 6.76. The van der Waals surface area contributed by atoms with Crippen LogP contribution in [0.1, 0.15) is 49.2 Å². The van der Waals surface area contributed by atoms with Gasteiger partial charge in [-0.15, -0.1) is 10.2 Å². The van der Waals surface area contributed by atoms with Crippen molar-refractivity contribution in [2.24, 2.45) is 0 Å². The van der Waals surface area contributed by atoms with Crippen LogP contribution in [0.2, 0.25) is 5.02 Å². The van der Waals surface area contributed by atoms with Crippen LogP contribution in [-0.2, 0) is 5.75 Å². The van der Waals surface area contributed by atoms with Gasteiger partial charge in [0.05, 0.1) is 17.7 Å². The van der Waals surface area contributed by atoms with Crippen molar-refractivity contribution in [3.8, 4) is 11.8 Å². The van der Waals surface area contributed by atoms with Gasteiger partial charge in [-0.3, -0.25) is 9.47 Å². The lowest BCUT2D eigenvalue weighted by molar-refractivity contribution is 0.167. The SMILES string of the molecule is C[C@H](c1nnc(SCc2ccc(C#N)cc2)n1-c1ccc(Cl)cc1)N1CCCCC1. The van der Waals surface area contributed by atoms with Crippen molar-refractivity contribution in [1.29, 1.82) is 5.26 Å². The molecule has 0 radical (unpaired) electrons. The summed E-state index contributed by atoms with van der Waals surface area (Å²) < 4.78 is 2.16. The van der Waals surface area contributed by atoms with E-state index in [0.717, 1.165) is 41.1 Å². The van der Waals surface area contributed by atoms with E-state index in [4.69, 9.17) is 16.9 Å². The Morgan fingerprint density at radius 1 is 1.03 bits per heavy atom. The van der Waals surface area contributed by atoms with Gasteiger partial charge in [-0.25, -0.2) is 0 Å². The van der Waals surface area contributed by atoms with Crippen LogP contribution < -0.4 is 0 Å². The monoisotopic (exact) mass is 437 g/mol. The molecule has 154 valence electrons. The Bertz CT molecular complexity index is 1020. The molecule has 4 rings (SSSR count). The fourth-order valence-corrected chi connectivity index (χ4v) is 4.81. The van der Waals surface area contributed by atoms with E-state index in [1.807, 2.05) is 48.5 Å². The normalized spacial score (nSPS) is 15.6. The number of aromatic nitrogens is 3. The van der Waals surface area contributed by atoms with Gasteiger partial charge in [0.25, 0.3) is 0 Å². The Balaban J connectivity index is 1.62. The minimum absolute atomic E-state index is 0.192. The van der Waals surface area contributed by atoms with E-state index in [-0.39, 0.29) is 6.04 Å². The minimum Gasteiger partial charge on any atom is -0.294 e. The molecule has 0 amide bonds. The van der Waals surface area contributed by atoms with Gasteiger partial charge in [0.15, 0.2) is 11.0 Å². The summed E-state index contributed by atoms with van der Waals surface area (Å²) in [6.45, 7) is 4.42. The second-order valence-electron chi connectivity index (χ2n) is 7.52. The van der Waals surface area contributed by atoms with Crippen molar-refractivity contribution < 1.29 is 0 Å². The number of benzene rings is 2. The Labute approximate surface area is 186 Å². The zero-order valence-electron chi connectivity index (χ0n) is 17.0. The fraction of sp³-hybridized carbons (Fsp3) is 0.348. The third-order valence-electron chi connectivity index (χ3n) is 5.51. The molecule has 1 atom stereocenters. The number of rotatable bonds is 6. The van der Waals surface area contributed by atoms with E-state index in [0.29, 0.717) is 10.6 Å². The van der Waals surface area contributed by atoms with Gasteiger partial charge in [0.2, 0.25) is 0 Å². The third kappa shape index (κ3) is 4.70. The maximum atomic E-state index is 8.99. The quantitative estimate of drug-likeness (QED) is 0.467. The summed E-state index contributed by atoms with van der Waals surface area (Å²) in [5, 5.41) is 19.7. The molecule has 0 saturated carbocycles. The van der Waals surface area contributed by atoms with Gasteiger partial charge in [0, 0.05) is 16.5 Å². The fourth-order valence-electron chi connectivity index (χ4n) is 3.77. The highest BCUT2D eigenvalue weighted by molar-refractivity contribution is 7.98. The van der Waals surface area contributed by atoms with Gasteiger partial charge in [-0.2, -0.15) is 5.26 Å². The Hall–Kier alpha value is -2.33. The molecule has 0 aliphatic carbocycles. The molecule has 1 fully saturated rings. The first-order valence-electron chi connectivity index (χ1n) is 10.2. The second-order valence-corrected chi connectivity index (χ2v) is 8.90. The van der Waals surface area contributed by atoms with Crippen LogP contribution in [0.5, 0.6) is 0 Å². The minimum atomic E-state index is 0.192. The Morgan fingerprint density at radius 2 is 1.73 bits per heavy atom. The Morgan fingerprint density at radius 3 is 2.40 bits per heavy atom. The standard InChI is InChI=1S/C23H24ClN5S/c1-17(28-13-3-2-4-14-28)22-26-27-23(29(22)21-11-9-20(24)10-12-21)30-16-19-7-5-18(15-25)6-8-19/h5-12,17H,2-4,13-14,16H2,1H3/t17-/m1/s1. The number of thioether (sulfide) groups is 1. The predicted octanol–water partition coefficient (Wildman–Crippen LogP) is 5.63. The highest BCUT2D eigenvalue weighted by Crippen LogP contribution is 2.31. The van der Waals surface area contributed by atoms with Crippen molar-refractivity contribution in [1.82, 2.24) is 19.7 Å². The maximum absolute atomic E-state index is 8.99. The molecule has 0 bridgehead atoms. The number of likely N-dealkylation sites (tertiary alicyclic amines) is 1. The maximum Gasteiger partial charge on any atom is 0.196 e. The molecule has 1 aromatic heterocycles. The Kier molecular flexibility index (Phi) is 6.73. The van der Waals surface area contributed by atoms with E-state index < -0.39 is 0 Å². The van der Waals surface area contributed by atoms with E-state index in [1.165, 1.54) is 19.3 Å². The molecule has 2 heterocycles. The smallest absolute Gasteiger partial charge is 0.196 e. The van der Waals surface area contributed by atoms with E-state index in [1.54, 1.807) is 11.8 Å². The average Bonchev–Trinajstić information content (AvgIpc) is 3.22. The molecular formula is C23H24ClN5S. The summed E-state index contributed by atoms with van der Waals surface area (Å²) in [6, 6.07) is 17.9. The molecule has 0 spiro atoms. The van der Waals surface area contributed by atoms with Crippen LogP contribution in [0.15, 0.2) is 53.7 Å². The van der Waals surface area contributed by atoms with Crippen molar-refractivity contribution in [2.75, 3.05) is 13.1 Å². The molecular weight excluding hydrogens is 414 g/mol. The van der Waals surface area contributed by atoms with Crippen molar-refractivity contribution >= 4 is 23.4 Å². The lowest BCUT2D eigenvalue weighted by atomic mass is 10.1. The molecule has 30 heavy (non-hydrogen) atoms. The summed E-state index contributed by atoms with van der Waals surface area (Å²) >= 11 is 7.78. The van der Waals surface area contributed by atoms with Crippen molar-refractivity contribution in [2.45, 2.75) is 43.1 Å². The van der Waals surface area contributed by atoms with Crippen molar-refractivity contribution in [3.63, 3.8) is 0 Å². The van der Waals surface area contributed by atoms with Gasteiger partial charge >= 0.3 is 0 Å². The molecule has 5 nitrogen and oxygen atoms in total. The molecule has 3 aromatic rings. The largest absolute Gasteiger partial charge is 0.294 e. The zero-order chi connectivity index (χ0) is 20.9. The lowest BCUT2D eigenvalue weighted by Crippen LogP contribution is -2.33. The van der Waals surface area contributed by atoms with Crippen molar-refractivity contribution in [3.05, 3.63) is 70.5 Å². The number of nitriles is 1. The van der Waals surface area contributed by atoms with Gasteiger partial charge in [-0.1, -0.05) is 41.9 Å². The van der Waals surface area contributed by atoms with Gasteiger partial charge < -0.3 is 0 Å². The summed E-state index contributed by atoms with van der Waals surface area (Å²) in [7, 11) is 0. The number of hydrogen-bond donors (Lipinski definition) is 0. The topological polar surface area (TPSA) is 57.7 Å². The van der Waals surface area contributed by atoms with Crippen LogP contribution in [-0.4, -0.2) is 32.8 Å². The molecule has 1 aliphatic heterocycles. The van der Waals surface area contributed by atoms with Crippen LogP contribution in [0.4, 0.5) is 0 Å². The first-order valence-corrected chi connectivity index (χ1v) is 11.6. The number of halogens is 1. The average molecular weight is 438 g/mol. The molecule has 1 aliphatic rings. The van der Waals surface area contributed by atoms with E-state index in [2.05, 4.69) is 32.7 Å². The molecule has 2 aromatic carbocycles. The zero-order valence-corrected chi connectivity index (χ0v) is 18.5. The van der Waals surface area contributed by atoms with Crippen LogP contribution in [0.3, 0.4) is 0 Å². The van der Waals surface area contributed by atoms with Crippen LogP contribution in [0.25, 0.3) is 5.69 Å². The number of nitrogens with zero attached hydrogens (tertiary/aromatic N) is 5. The highest BCUT2D eigenvalue weighted by atomic mass is 35.5. The molecule has 0 unspecified atom stereocenters. The van der Waals surface area contributed by atoms with E-state index in [9.17, 15) is 0 Å². The summed E-state index contributed by atoms with van der Waals surface area (Å²) in [6.07, 6.45) is 3.78. The van der Waals surface area contributed by atoms with Gasteiger partial charge in [0.1, 0.15) is 0 Å². The second kappa shape index (κ2) is 9.65. The highest BCUT2D eigenvalue weighted by Gasteiger charge is 2.25. The summed E-state index contributed by atoms with van der Waals surface area (Å²) in [5.41, 5.74) is 2.84.